The highest BCUT2D eigenvalue weighted by molar-refractivity contribution is 5.83. The molecule has 4 aromatic rings. The Labute approximate surface area is 141 Å². The topological polar surface area (TPSA) is 66.5 Å². The number of benzene rings is 2. The van der Waals surface area contributed by atoms with Gasteiger partial charge >= 0.3 is 0 Å². The molecular weight excluding hydrogens is 324 g/mol. The van der Waals surface area contributed by atoms with Gasteiger partial charge in [-0.25, -0.2) is 18.7 Å². The van der Waals surface area contributed by atoms with Crippen LogP contribution in [0.4, 0.5) is 20.3 Å². The van der Waals surface area contributed by atoms with Gasteiger partial charge in [-0.15, -0.1) is 0 Å². The highest BCUT2D eigenvalue weighted by Crippen LogP contribution is 2.26. The maximum atomic E-state index is 14.3. The molecule has 0 aliphatic heterocycles. The molecule has 2 N–H and O–H groups in total. The number of hydrogen-bond acceptors (Lipinski definition) is 4. The van der Waals surface area contributed by atoms with Crippen molar-refractivity contribution in [1.29, 1.82) is 0 Å². The van der Waals surface area contributed by atoms with E-state index in [1.807, 2.05) is 6.92 Å². The Morgan fingerprint density at radius 2 is 1.96 bits per heavy atom. The lowest BCUT2D eigenvalue weighted by Crippen LogP contribution is -2.01. The summed E-state index contributed by atoms with van der Waals surface area (Å²) < 4.78 is 27.7. The highest BCUT2D eigenvalue weighted by atomic mass is 19.1. The molecule has 0 amide bonds. The molecule has 0 saturated heterocycles. The first-order valence-corrected chi connectivity index (χ1v) is 7.59. The molecule has 2 aromatic carbocycles. The van der Waals surface area contributed by atoms with E-state index in [1.165, 1.54) is 18.2 Å². The molecule has 0 aliphatic carbocycles. The van der Waals surface area contributed by atoms with Gasteiger partial charge < -0.3 is 5.32 Å². The SMILES string of the molecule is Cc1cnc(-c2cccc(F)c2)nc1Nc1cc2cn[nH]c2cc1F. The molecule has 25 heavy (non-hydrogen) atoms. The van der Waals surface area contributed by atoms with Gasteiger partial charge in [-0.2, -0.15) is 5.10 Å². The van der Waals surface area contributed by atoms with Crippen LogP contribution in [0.25, 0.3) is 22.3 Å². The summed E-state index contributed by atoms with van der Waals surface area (Å²) in [5.41, 5.74) is 2.18. The van der Waals surface area contributed by atoms with Gasteiger partial charge in [0.15, 0.2) is 5.82 Å². The van der Waals surface area contributed by atoms with E-state index in [9.17, 15) is 8.78 Å². The number of nitrogens with one attached hydrogen (secondary N) is 2. The number of aryl methyl sites for hydroxylation is 1. The second kappa shape index (κ2) is 5.94. The van der Waals surface area contributed by atoms with Crippen molar-refractivity contribution in [2.45, 2.75) is 6.92 Å². The lowest BCUT2D eigenvalue weighted by atomic mass is 10.2. The fourth-order valence-corrected chi connectivity index (χ4v) is 2.52. The zero-order chi connectivity index (χ0) is 17.4. The van der Waals surface area contributed by atoms with Gasteiger partial charge in [-0.05, 0) is 25.1 Å². The van der Waals surface area contributed by atoms with Crippen LogP contribution < -0.4 is 5.32 Å². The fourth-order valence-electron chi connectivity index (χ4n) is 2.52. The number of aromatic nitrogens is 4. The molecule has 4 rings (SSSR count). The van der Waals surface area contributed by atoms with Crippen molar-refractivity contribution in [2.24, 2.45) is 0 Å². The Morgan fingerprint density at radius 1 is 1.08 bits per heavy atom. The highest BCUT2D eigenvalue weighted by Gasteiger charge is 2.11. The predicted octanol–water partition coefficient (Wildman–Crippen LogP) is 4.35. The Morgan fingerprint density at radius 3 is 2.80 bits per heavy atom. The maximum absolute atomic E-state index is 14.3. The van der Waals surface area contributed by atoms with E-state index in [0.29, 0.717) is 22.7 Å². The number of rotatable bonds is 3. The van der Waals surface area contributed by atoms with E-state index in [2.05, 4.69) is 25.5 Å². The van der Waals surface area contributed by atoms with Crippen LogP contribution in [0.2, 0.25) is 0 Å². The van der Waals surface area contributed by atoms with Crippen LogP contribution in [0.15, 0.2) is 48.8 Å². The van der Waals surface area contributed by atoms with E-state index >= 15 is 0 Å². The summed E-state index contributed by atoms with van der Waals surface area (Å²) in [6.07, 6.45) is 3.23. The molecule has 2 heterocycles. The third kappa shape index (κ3) is 2.91. The summed E-state index contributed by atoms with van der Waals surface area (Å²) in [4.78, 5) is 8.64. The number of hydrogen-bond donors (Lipinski definition) is 2. The summed E-state index contributed by atoms with van der Waals surface area (Å²) in [6, 6.07) is 9.04. The molecule has 7 heteroatoms. The average Bonchev–Trinajstić information content (AvgIpc) is 3.04. The van der Waals surface area contributed by atoms with Gasteiger partial charge in [0.1, 0.15) is 17.5 Å². The standard InChI is InChI=1S/C18H13F2N5/c1-10-8-21-18(11-3-2-4-13(19)5-11)24-17(10)23-16-6-12-9-22-25-15(12)7-14(16)20/h2-9H,1H3,(H,22,25)(H,21,23,24). The first-order valence-electron chi connectivity index (χ1n) is 7.59. The Kier molecular flexibility index (Phi) is 3.61. The van der Waals surface area contributed by atoms with E-state index in [1.54, 1.807) is 30.6 Å². The molecule has 0 unspecified atom stereocenters. The molecule has 5 nitrogen and oxygen atoms in total. The number of fused-ring (bicyclic) bond motifs is 1. The van der Waals surface area contributed by atoms with Crippen LogP contribution in [0.3, 0.4) is 0 Å². The smallest absolute Gasteiger partial charge is 0.161 e. The van der Waals surface area contributed by atoms with Crippen molar-refractivity contribution in [3.8, 4) is 11.4 Å². The minimum atomic E-state index is -0.429. The van der Waals surface area contributed by atoms with Crippen molar-refractivity contribution in [3.63, 3.8) is 0 Å². The van der Waals surface area contributed by atoms with Crippen LogP contribution in [0.5, 0.6) is 0 Å². The maximum Gasteiger partial charge on any atom is 0.161 e. The van der Waals surface area contributed by atoms with Crippen LogP contribution in [0, 0.1) is 18.6 Å². The van der Waals surface area contributed by atoms with E-state index in [4.69, 9.17) is 0 Å². The molecule has 2 aromatic heterocycles. The Bertz CT molecular complexity index is 1070. The summed E-state index contributed by atoms with van der Waals surface area (Å²) in [6.45, 7) is 1.81. The second-order valence-electron chi connectivity index (χ2n) is 5.65. The quantitative estimate of drug-likeness (QED) is 0.583. The molecule has 124 valence electrons. The first-order chi connectivity index (χ1) is 12.1. The largest absolute Gasteiger partial charge is 0.337 e. The van der Waals surface area contributed by atoms with Crippen LogP contribution in [0.1, 0.15) is 5.56 Å². The third-order valence-corrected chi connectivity index (χ3v) is 3.84. The predicted molar refractivity (Wildman–Crippen MR) is 91.5 cm³/mol. The van der Waals surface area contributed by atoms with Crippen LogP contribution in [-0.4, -0.2) is 20.2 Å². The van der Waals surface area contributed by atoms with Crippen molar-refractivity contribution in [1.82, 2.24) is 20.2 Å². The second-order valence-corrected chi connectivity index (χ2v) is 5.65. The van der Waals surface area contributed by atoms with Gasteiger partial charge in [0.05, 0.1) is 17.4 Å². The molecule has 0 fully saturated rings. The van der Waals surface area contributed by atoms with E-state index in [-0.39, 0.29) is 11.5 Å². The third-order valence-electron chi connectivity index (χ3n) is 3.84. The lowest BCUT2D eigenvalue weighted by molar-refractivity contribution is 0.628. The number of anilines is 2. The molecular formula is C18H13F2N5. The number of aromatic amines is 1. The zero-order valence-electron chi connectivity index (χ0n) is 13.2. The Balaban J connectivity index is 1.74. The van der Waals surface area contributed by atoms with E-state index < -0.39 is 5.82 Å². The lowest BCUT2D eigenvalue weighted by Gasteiger charge is -2.11. The van der Waals surface area contributed by atoms with Crippen molar-refractivity contribution >= 4 is 22.4 Å². The monoisotopic (exact) mass is 337 g/mol. The first kappa shape index (κ1) is 15.2. The van der Waals surface area contributed by atoms with Crippen LogP contribution >= 0.6 is 0 Å². The molecule has 0 aliphatic rings. The van der Waals surface area contributed by atoms with Gasteiger partial charge in [0, 0.05) is 28.8 Å². The number of halogens is 2. The number of nitrogens with zero attached hydrogens (tertiary/aromatic N) is 3. The summed E-state index contributed by atoms with van der Waals surface area (Å²) in [5, 5.41) is 10.4. The van der Waals surface area contributed by atoms with Gasteiger partial charge in [0.2, 0.25) is 0 Å². The summed E-state index contributed by atoms with van der Waals surface area (Å²) >= 11 is 0. The van der Waals surface area contributed by atoms with Gasteiger partial charge in [-0.1, -0.05) is 12.1 Å². The zero-order valence-corrected chi connectivity index (χ0v) is 13.2. The fraction of sp³-hybridized carbons (Fsp3) is 0.0556. The van der Waals surface area contributed by atoms with Crippen molar-refractivity contribution in [3.05, 3.63) is 66.0 Å². The van der Waals surface area contributed by atoms with Gasteiger partial charge in [0.25, 0.3) is 0 Å². The number of H-pyrrole nitrogens is 1. The summed E-state index contributed by atoms with van der Waals surface area (Å²) in [5.74, 6) is 0.0168. The summed E-state index contributed by atoms with van der Waals surface area (Å²) in [7, 11) is 0. The van der Waals surface area contributed by atoms with Crippen LogP contribution in [-0.2, 0) is 0 Å². The average molecular weight is 337 g/mol. The van der Waals surface area contributed by atoms with Gasteiger partial charge in [-0.3, -0.25) is 5.10 Å². The molecule has 0 spiro atoms. The molecule has 0 bridgehead atoms. The van der Waals surface area contributed by atoms with Crippen molar-refractivity contribution in [2.75, 3.05) is 5.32 Å². The van der Waals surface area contributed by atoms with Crippen molar-refractivity contribution < 1.29 is 8.78 Å². The minimum Gasteiger partial charge on any atom is -0.337 e. The normalized spacial score (nSPS) is 11.0. The Hall–Kier alpha value is -3.35. The molecule has 0 saturated carbocycles. The minimum absolute atomic E-state index is 0.279. The molecule has 0 radical (unpaired) electrons. The van der Waals surface area contributed by atoms with E-state index in [0.717, 1.165) is 10.9 Å². The molecule has 0 atom stereocenters.